The van der Waals surface area contributed by atoms with E-state index in [9.17, 15) is 0 Å². The lowest BCUT2D eigenvalue weighted by molar-refractivity contribution is 0.611. The van der Waals surface area contributed by atoms with Crippen LogP contribution in [0.1, 0.15) is 68.6 Å². The maximum Gasteiger partial charge on any atom is -0.00947 e. The second-order valence-electron chi connectivity index (χ2n) is 5.66. The molecule has 0 aromatic heterocycles. The molecule has 0 N–H and O–H groups in total. The van der Waals surface area contributed by atoms with Gasteiger partial charge in [-0.1, -0.05) is 74.9 Å². The van der Waals surface area contributed by atoms with E-state index in [0.29, 0.717) is 0 Å². The van der Waals surface area contributed by atoms with Crippen LogP contribution in [-0.2, 0) is 6.42 Å². The van der Waals surface area contributed by atoms with E-state index < -0.39 is 0 Å². The Morgan fingerprint density at radius 3 is 2.42 bits per heavy atom. The van der Waals surface area contributed by atoms with Crippen molar-refractivity contribution in [3.8, 4) is 0 Å². The number of hydrogen-bond acceptors (Lipinski definition) is 0. The summed E-state index contributed by atoms with van der Waals surface area (Å²) < 4.78 is 0. The first kappa shape index (κ1) is 16.0. The van der Waals surface area contributed by atoms with Gasteiger partial charge in [-0.3, -0.25) is 0 Å². The molecule has 1 aromatic rings. The molecule has 0 amide bonds. The number of unbranched alkanes of at least 4 members (excludes halogenated alkanes) is 6. The van der Waals surface area contributed by atoms with Crippen molar-refractivity contribution in [3.05, 3.63) is 47.0 Å². The fourth-order valence-corrected chi connectivity index (χ4v) is 2.39. The summed E-state index contributed by atoms with van der Waals surface area (Å²) >= 11 is 0. The quantitative estimate of drug-likeness (QED) is 0.368. The molecule has 0 aliphatic carbocycles. The molecule has 0 atom stereocenters. The van der Waals surface area contributed by atoms with Crippen LogP contribution in [0.4, 0.5) is 0 Å². The summed E-state index contributed by atoms with van der Waals surface area (Å²) in [4.78, 5) is 0. The van der Waals surface area contributed by atoms with Crippen LogP contribution in [0.2, 0.25) is 0 Å². The van der Waals surface area contributed by atoms with Crippen LogP contribution in [0.5, 0.6) is 0 Å². The largest absolute Gasteiger partial charge is 0.0882 e. The van der Waals surface area contributed by atoms with Gasteiger partial charge >= 0.3 is 0 Å². The van der Waals surface area contributed by atoms with Gasteiger partial charge in [-0.15, -0.1) is 0 Å². The average Bonchev–Trinajstić information content (AvgIpc) is 2.40. The monoisotopic (exact) mass is 258 g/mol. The minimum atomic E-state index is 1.09. The van der Waals surface area contributed by atoms with Crippen molar-refractivity contribution in [1.82, 2.24) is 0 Å². The van der Waals surface area contributed by atoms with Crippen molar-refractivity contribution in [2.45, 2.75) is 72.1 Å². The predicted octanol–water partition coefficient (Wildman–Crippen LogP) is 6.15. The van der Waals surface area contributed by atoms with E-state index in [1.807, 2.05) is 0 Å². The Balaban J connectivity index is 2.15. The molecule has 106 valence electrons. The molecule has 0 nitrogen and oxygen atoms in total. The third kappa shape index (κ3) is 7.20. The molecule has 0 spiro atoms. The zero-order valence-electron chi connectivity index (χ0n) is 13.0. The van der Waals surface area contributed by atoms with Crippen molar-refractivity contribution in [2.75, 3.05) is 0 Å². The minimum Gasteiger partial charge on any atom is -0.0882 e. The highest BCUT2D eigenvalue weighted by Gasteiger charge is 1.95. The molecule has 0 bridgehead atoms. The van der Waals surface area contributed by atoms with Gasteiger partial charge in [-0.05, 0) is 44.2 Å². The summed E-state index contributed by atoms with van der Waals surface area (Å²) in [5, 5.41) is 0. The lowest BCUT2D eigenvalue weighted by Crippen LogP contribution is -1.88. The van der Waals surface area contributed by atoms with E-state index in [4.69, 9.17) is 0 Å². The van der Waals surface area contributed by atoms with Crippen LogP contribution in [-0.4, -0.2) is 0 Å². The lowest BCUT2D eigenvalue weighted by atomic mass is 10.0. The number of rotatable bonds is 9. The molecule has 0 aliphatic rings. The summed E-state index contributed by atoms with van der Waals surface area (Å²) in [6, 6.07) is 6.73. The van der Waals surface area contributed by atoms with Gasteiger partial charge < -0.3 is 0 Å². The number of allylic oxidation sites excluding steroid dienone is 2. The number of hydrogen-bond donors (Lipinski definition) is 0. The highest BCUT2D eigenvalue weighted by molar-refractivity contribution is 5.31. The summed E-state index contributed by atoms with van der Waals surface area (Å²) in [7, 11) is 0. The van der Waals surface area contributed by atoms with Gasteiger partial charge in [0.1, 0.15) is 0 Å². The molecule has 0 saturated heterocycles. The molecule has 1 rings (SSSR count). The normalized spacial score (nSPS) is 11.3. The predicted molar refractivity (Wildman–Crippen MR) is 86.8 cm³/mol. The number of benzene rings is 1. The topological polar surface area (TPSA) is 0 Å². The smallest absolute Gasteiger partial charge is 0.00947 e. The third-order valence-corrected chi connectivity index (χ3v) is 3.73. The number of aryl methyl sites for hydroxylation is 2. The fraction of sp³-hybridized carbons (Fsp3) is 0.579. The van der Waals surface area contributed by atoms with Gasteiger partial charge in [0, 0.05) is 0 Å². The van der Waals surface area contributed by atoms with Crippen LogP contribution in [0.25, 0.3) is 0 Å². The first-order chi connectivity index (χ1) is 9.24. The van der Waals surface area contributed by atoms with E-state index in [2.05, 4.69) is 51.1 Å². The minimum absolute atomic E-state index is 1.09. The SMILES string of the molecule is CCCCCCCC/C=C\Cc1cc(C)ccc1C. The van der Waals surface area contributed by atoms with Gasteiger partial charge in [0.25, 0.3) is 0 Å². The van der Waals surface area contributed by atoms with Gasteiger partial charge in [0.2, 0.25) is 0 Å². The van der Waals surface area contributed by atoms with E-state index in [1.165, 1.54) is 61.6 Å². The Hall–Kier alpha value is -1.04. The molecule has 0 aliphatic heterocycles. The molecule has 19 heavy (non-hydrogen) atoms. The van der Waals surface area contributed by atoms with Crippen molar-refractivity contribution in [2.24, 2.45) is 0 Å². The Bertz CT molecular complexity index is 374. The van der Waals surface area contributed by atoms with Crippen molar-refractivity contribution < 1.29 is 0 Å². The maximum absolute atomic E-state index is 2.36. The zero-order chi connectivity index (χ0) is 13.9. The average molecular weight is 258 g/mol. The second kappa shape index (κ2) is 9.83. The van der Waals surface area contributed by atoms with Gasteiger partial charge in [0.05, 0.1) is 0 Å². The van der Waals surface area contributed by atoms with Gasteiger partial charge in [0.15, 0.2) is 0 Å². The standard InChI is InChI=1S/C19H30/c1-4-5-6-7-8-9-10-11-12-13-19-16-17(2)14-15-18(19)3/h11-12,14-16H,4-10,13H2,1-3H3/b12-11-. The van der Waals surface area contributed by atoms with Gasteiger partial charge in [-0.2, -0.15) is 0 Å². The third-order valence-electron chi connectivity index (χ3n) is 3.73. The van der Waals surface area contributed by atoms with Crippen LogP contribution in [0.15, 0.2) is 30.4 Å². The van der Waals surface area contributed by atoms with Crippen molar-refractivity contribution in [3.63, 3.8) is 0 Å². The van der Waals surface area contributed by atoms with E-state index in [1.54, 1.807) is 0 Å². The van der Waals surface area contributed by atoms with E-state index in [-0.39, 0.29) is 0 Å². The molecule has 0 unspecified atom stereocenters. The first-order valence-electron chi connectivity index (χ1n) is 7.95. The van der Waals surface area contributed by atoms with Gasteiger partial charge in [-0.25, -0.2) is 0 Å². The summed E-state index contributed by atoms with van der Waals surface area (Å²) in [5.41, 5.74) is 4.25. The van der Waals surface area contributed by atoms with E-state index in [0.717, 1.165) is 6.42 Å². The van der Waals surface area contributed by atoms with Crippen molar-refractivity contribution >= 4 is 0 Å². The Morgan fingerprint density at radius 1 is 0.895 bits per heavy atom. The first-order valence-corrected chi connectivity index (χ1v) is 7.95. The Morgan fingerprint density at radius 2 is 1.63 bits per heavy atom. The zero-order valence-corrected chi connectivity index (χ0v) is 13.0. The maximum atomic E-state index is 2.36. The second-order valence-corrected chi connectivity index (χ2v) is 5.66. The van der Waals surface area contributed by atoms with Crippen molar-refractivity contribution in [1.29, 1.82) is 0 Å². The summed E-state index contributed by atoms with van der Waals surface area (Å²) in [5.74, 6) is 0. The summed E-state index contributed by atoms with van der Waals surface area (Å²) in [6.07, 6.45) is 15.4. The molecule has 0 heterocycles. The molecule has 1 aromatic carbocycles. The highest BCUT2D eigenvalue weighted by Crippen LogP contribution is 2.12. The molecule has 0 radical (unpaired) electrons. The lowest BCUT2D eigenvalue weighted by Gasteiger charge is -2.04. The molecular weight excluding hydrogens is 228 g/mol. The molecule has 0 heteroatoms. The highest BCUT2D eigenvalue weighted by atomic mass is 14.0. The molecule has 0 saturated carbocycles. The van der Waals surface area contributed by atoms with Crippen LogP contribution in [0, 0.1) is 13.8 Å². The summed E-state index contributed by atoms with van der Waals surface area (Å²) in [6.45, 7) is 6.65. The Kier molecular flexibility index (Phi) is 8.29. The molecular formula is C19H30. The Labute approximate surface area is 119 Å². The fourth-order valence-electron chi connectivity index (χ4n) is 2.39. The van der Waals surface area contributed by atoms with Crippen LogP contribution >= 0.6 is 0 Å². The van der Waals surface area contributed by atoms with E-state index >= 15 is 0 Å². The molecule has 0 fully saturated rings. The van der Waals surface area contributed by atoms with Crippen LogP contribution in [0.3, 0.4) is 0 Å². The van der Waals surface area contributed by atoms with Crippen LogP contribution < -0.4 is 0 Å².